The molecule has 3 aromatic carbocycles. The molecule has 1 saturated heterocycles. The zero-order chi connectivity index (χ0) is 21.6. The molecule has 4 rings (SSSR count). The van der Waals surface area contributed by atoms with E-state index >= 15 is 0 Å². The molecule has 0 N–H and O–H groups in total. The molecule has 0 radical (unpaired) electrons. The third kappa shape index (κ3) is 5.78. The average Bonchev–Trinajstić information content (AvgIpc) is 2.80. The Kier molecular flexibility index (Phi) is 7.46. The van der Waals surface area contributed by atoms with Crippen molar-refractivity contribution in [2.45, 2.75) is 13.2 Å². The van der Waals surface area contributed by atoms with Crippen molar-refractivity contribution in [3.8, 4) is 5.75 Å². The van der Waals surface area contributed by atoms with Gasteiger partial charge in [-0.2, -0.15) is 0 Å². The fraction of sp³-hybridized carbons (Fsp3) is 0.240. The molecule has 0 unspecified atom stereocenters. The number of benzene rings is 3. The van der Waals surface area contributed by atoms with Crippen LogP contribution in [-0.4, -0.2) is 41.0 Å². The number of hydrogen-bond donors (Lipinski definition) is 0. The third-order valence-electron chi connectivity index (χ3n) is 5.43. The van der Waals surface area contributed by atoms with Gasteiger partial charge < -0.3 is 9.64 Å². The average molecular weight is 471 g/mol. The van der Waals surface area contributed by atoms with Crippen LogP contribution in [0.25, 0.3) is 0 Å². The van der Waals surface area contributed by atoms with Crippen molar-refractivity contribution in [2.75, 3.05) is 26.2 Å². The highest BCUT2D eigenvalue weighted by Gasteiger charge is 2.20. The summed E-state index contributed by atoms with van der Waals surface area (Å²) < 4.78 is 5.87. The van der Waals surface area contributed by atoms with E-state index in [0.717, 1.165) is 48.8 Å². The molecule has 3 aromatic rings. The van der Waals surface area contributed by atoms with Crippen LogP contribution in [-0.2, 0) is 13.2 Å². The Balaban J connectivity index is 1.33. The van der Waals surface area contributed by atoms with Crippen LogP contribution >= 0.6 is 35.4 Å². The molecule has 0 saturated carbocycles. The van der Waals surface area contributed by atoms with Gasteiger partial charge in [0, 0.05) is 48.9 Å². The summed E-state index contributed by atoms with van der Waals surface area (Å²) in [5.41, 5.74) is 3.22. The molecule has 31 heavy (non-hydrogen) atoms. The molecular weight excluding hydrogens is 447 g/mol. The molecule has 0 atom stereocenters. The van der Waals surface area contributed by atoms with Crippen LogP contribution < -0.4 is 4.74 Å². The fourth-order valence-corrected chi connectivity index (χ4v) is 4.39. The van der Waals surface area contributed by atoms with E-state index in [1.165, 1.54) is 5.56 Å². The Morgan fingerprint density at radius 3 is 2.26 bits per heavy atom. The molecule has 3 nitrogen and oxygen atoms in total. The fourth-order valence-electron chi connectivity index (χ4n) is 3.66. The molecule has 6 heteroatoms. The van der Waals surface area contributed by atoms with Crippen molar-refractivity contribution in [1.82, 2.24) is 9.80 Å². The molecule has 1 fully saturated rings. The lowest BCUT2D eigenvalue weighted by Crippen LogP contribution is -2.48. The first-order chi connectivity index (χ1) is 15.1. The normalized spacial score (nSPS) is 14.5. The maximum atomic E-state index is 6.49. The highest BCUT2D eigenvalue weighted by molar-refractivity contribution is 7.80. The van der Waals surface area contributed by atoms with Crippen LogP contribution in [0.5, 0.6) is 5.75 Å². The van der Waals surface area contributed by atoms with Gasteiger partial charge >= 0.3 is 0 Å². The van der Waals surface area contributed by atoms with Gasteiger partial charge in [0.05, 0.1) is 5.02 Å². The highest BCUT2D eigenvalue weighted by Crippen LogP contribution is 2.28. The van der Waals surface area contributed by atoms with Crippen molar-refractivity contribution in [1.29, 1.82) is 0 Å². The second kappa shape index (κ2) is 10.5. The maximum absolute atomic E-state index is 6.49. The number of nitrogens with zero attached hydrogens (tertiary/aromatic N) is 2. The molecule has 1 heterocycles. The minimum atomic E-state index is 0.368. The summed E-state index contributed by atoms with van der Waals surface area (Å²) in [5.74, 6) is 0.626. The van der Waals surface area contributed by atoms with E-state index in [9.17, 15) is 0 Å². The van der Waals surface area contributed by atoms with Gasteiger partial charge in [0.25, 0.3) is 0 Å². The van der Waals surface area contributed by atoms with E-state index in [0.29, 0.717) is 22.4 Å². The van der Waals surface area contributed by atoms with Gasteiger partial charge in [0.2, 0.25) is 0 Å². The van der Waals surface area contributed by atoms with Crippen LogP contribution in [0.3, 0.4) is 0 Å². The summed E-state index contributed by atoms with van der Waals surface area (Å²) in [5, 5.41) is 1.23. The van der Waals surface area contributed by atoms with Gasteiger partial charge in [0.15, 0.2) is 0 Å². The molecule has 1 aliphatic heterocycles. The van der Waals surface area contributed by atoms with Crippen molar-refractivity contribution in [3.05, 3.63) is 99.5 Å². The number of rotatable bonds is 6. The minimum Gasteiger partial charge on any atom is -0.487 e. The van der Waals surface area contributed by atoms with Gasteiger partial charge in [-0.25, -0.2) is 0 Å². The maximum Gasteiger partial charge on any atom is 0.138 e. The lowest BCUT2D eigenvalue weighted by molar-refractivity contribution is 0.177. The molecule has 0 amide bonds. The smallest absolute Gasteiger partial charge is 0.138 e. The minimum absolute atomic E-state index is 0.368. The number of hydrogen-bond acceptors (Lipinski definition) is 3. The molecule has 0 aliphatic carbocycles. The van der Waals surface area contributed by atoms with E-state index < -0.39 is 0 Å². The Labute approximate surface area is 199 Å². The second-order valence-electron chi connectivity index (χ2n) is 7.58. The van der Waals surface area contributed by atoms with Crippen LogP contribution in [0, 0.1) is 0 Å². The summed E-state index contributed by atoms with van der Waals surface area (Å²) in [7, 11) is 0. The monoisotopic (exact) mass is 470 g/mol. The molecule has 160 valence electrons. The number of ether oxygens (including phenoxy) is 1. The molecule has 0 bridgehead atoms. The zero-order valence-corrected chi connectivity index (χ0v) is 19.5. The Morgan fingerprint density at radius 1 is 0.839 bits per heavy atom. The van der Waals surface area contributed by atoms with E-state index in [1.54, 1.807) is 0 Å². The van der Waals surface area contributed by atoms with Crippen LogP contribution in [0.2, 0.25) is 10.0 Å². The summed E-state index contributed by atoms with van der Waals surface area (Å²) in [6.07, 6.45) is 0. The van der Waals surface area contributed by atoms with Gasteiger partial charge in [-0.3, -0.25) is 4.90 Å². The first kappa shape index (κ1) is 22.1. The molecular formula is C25H24Cl2N2OS. The van der Waals surface area contributed by atoms with Crippen LogP contribution in [0.4, 0.5) is 0 Å². The Hall–Kier alpha value is -2.11. The summed E-state index contributed by atoms with van der Waals surface area (Å²) in [6.45, 7) is 5.14. The largest absolute Gasteiger partial charge is 0.487 e. The zero-order valence-electron chi connectivity index (χ0n) is 17.1. The standard InChI is InChI=1S/C25H24Cl2N2OS/c26-22-9-5-4-8-21(22)18-30-24-11-10-20(16-23(24)27)25(31)29-14-12-28(13-15-29)17-19-6-2-1-3-7-19/h1-11,16H,12-15,17-18H2. The summed E-state index contributed by atoms with van der Waals surface area (Å²) >= 11 is 18.4. The van der Waals surface area contributed by atoms with Crippen molar-refractivity contribution >= 4 is 40.4 Å². The Morgan fingerprint density at radius 2 is 1.55 bits per heavy atom. The Bertz CT molecular complexity index is 1040. The highest BCUT2D eigenvalue weighted by atomic mass is 35.5. The number of thiocarbonyl (C=S) groups is 1. The van der Waals surface area contributed by atoms with E-state index in [4.69, 9.17) is 40.2 Å². The first-order valence-electron chi connectivity index (χ1n) is 10.3. The first-order valence-corrected chi connectivity index (χ1v) is 11.5. The SMILES string of the molecule is S=C(c1ccc(OCc2ccccc2Cl)c(Cl)c1)N1CCN(Cc2ccccc2)CC1. The van der Waals surface area contributed by atoms with E-state index in [2.05, 4.69) is 40.1 Å². The number of halogens is 2. The topological polar surface area (TPSA) is 15.7 Å². The molecule has 1 aliphatic rings. The summed E-state index contributed by atoms with van der Waals surface area (Å²) in [4.78, 5) is 5.55. The van der Waals surface area contributed by atoms with Gasteiger partial charge in [-0.05, 0) is 29.8 Å². The third-order valence-corrected chi connectivity index (χ3v) is 6.59. The van der Waals surface area contributed by atoms with E-state index in [1.807, 2.05) is 42.5 Å². The van der Waals surface area contributed by atoms with Crippen molar-refractivity contribution < 1.29 is 4.74 Å². The number of piperazine rings is 1. The molecule has 0 aromatic heterocycles. The predicted octanol–water partition coefficient (Wildman–Crippen LogP) is 6.07. The van der Waals surface area contributed by atoms with Crippen molar-refractivity contribution in [2.24, 2.45) is 0 Å². The summed E-state index contributed by atoms with van der Waals surface area (Å²) in [6, 6.07) is 24.0. The van der Waals surface area contributed by atoms with Gasteiger partial charge in [-0.1, -0.05) is 84.0 Å². The lowest BCUT2D eigenvalue weighted by Gasteiger charge is -2.36. The van der Waals surface area contributed by atoms with Gasteiger partial charge in [-0.15, -0.1) is 0 Å². The quantitative estimate of drug-likeness (QED) is 0.406. The van der Waals surface area contributed by atoms with Crippen LogP contribution in [0.15, 0.2) is 72.8 Å². The molecule has 0 spiro atoms. The van der Waals surface area contributed by atoms with E-state index in [-0.39, 0.29) is 0 Å². The van der Waals surface area contributed by atoms with Gasteiger partial charge in [0.1, 0.15) is 17.3 Å². The van der Waals surface area contributed by atoms with Crippen molar-refractivity contribution in [3.63, 3.8) is 0 Å². The second-order valence-corrected chi connectivity index (χ2v) is 8.78. The predicted molar refractivity (Wildman–Crippen MR) is 132 cm³/mol. The lowest BCUT2D eigenvalue weighted by atomic mass is 10.1. The van der Waals surface area contributed by atoms with Crippen LogP contribution in [0.1, 0.15) is 16.7 Å².